The Bertz CT molecular complexity index is 2890. The molecule has 0 aliphatic heterocycles. The van der Waals surface area contributed by atoms with E-state index in [0.29, 0.717) is 11.6 Å². The Hall–Kier alpha value is -7.06. The van der Waals surface area contributed by atoms with E-state index in [0.717, 1.165) is 88.4 Å². The van der Waals surface area contributed by atoms with Crippen LogP contribution in [0.25, 0.3) is 100 Å². The van der Waals surface area contributed by atoms with Crippen molar-refractivity contribution in [1.82, 2.24) is 29.1 Å². The van der Waals surface area contributed by atoms with E-state index in [4.69, 9.17) is 28.8 Å². The molecule has 0 aliphatic rings. The maximum absolute atomic E-state index is 6.68. The maximum Gasteiger partial charge on any atom is 0.213 e. The zero-order valence-corrected chi connectivity index (χ0v) is 26.4. The fourth-order valence-corrected chi connectivity index (χ4v) is 7.54. The minimum absolute atomic E-state index is 0.573. The molecule has 11 rings (SSSR count). The molecule has 0 spiro atoms. The lowest BCUT2D eigenvalue weighted by atomic mass is 10.0. The predicted molar refractivity (Wildman–Crippen MR) is 197 cm³/mol. The summed E-state index contributed by atoms with van der Waals surface area (Å²) in [6, 6.07) is 41.1. The topological polar surface area (TPSA) is 87.7 Å². The molecule has 8 nitrogen and oxygen atoms in total. The van der Waals surface area contributed by atoms with E-state index in [1.165, 1.54) is 0 Å². The van der Waals surface area contributed by atoms with Crippen LogP contribution >= 0.6 is 0 Å². The number of para-hydroxylation sites is 4. The normalized spacial score (nSPS) is 12.0. The van der Waals surface area contributed by atoms with Gasteiger partial charge in [-0.3, -0.25) is 9.13 Å². The Morgan fingerprint density at radius 3 is 1.22 bits per heavy atom. The van der Waals surface area contributed by atoms with Crippen molar-refractivity contribution in [1.29, 1.82) is 0 Å². The van der Waals surface area contributed by atoms with Gasteiger partial charge in [-0.15, -0.1) is 0 Å². The minimum Gasteiger partial charge on any atom is -0.439 e. The van der Waals surface area contributed by atoms with Gasteiger partial charge in [0.15, 0.2) is 11.6 Å². The smallest absolute Gasteiger partial charge is 0.213 e. The molecule has 6 heterocycles. The van der Waals surface area contributed by atoms with E-state index < -0.39 is 0 Å². The fourth-order valence-electron chi connectivity index (χ4n) is 7.54. The van der Waals surface area contributed by atoms with Crippen LogP contribution in [0.4, 0.5) is 0 Å². The highest BCUT2D eigenvalue weighted by Crippen LogP contribution is 2.45. The first-order valence-electron chi connectivity index (χ1n) is 16.4. The average Bonchev–Trinajstić information content (AvgIpc) is 3.91. The number of hydrogen-bond donors (Lipinski definition) is 0. The van der Waals surface area contributed by atoms with Gasteiger partial charge in [-0.2, -0.15) is 0 Å². The van der Waals surface area contributed by atoms with Gasteiger partial charge >= 0.3 is 0 Å². The van der Waals surface area contributed by atoms with Gasteiger partial charge in [0.25, 0.3) is 0 Å². The molecule has 0 bridgehead atoms. The van der Waals surface area contributed by atoms with Gasteiger partial charge in [-0.1, -0.05) is 72.8 Å². The third kappa shape index (κ3) is 3.70. The van der Waals surface area contributed by atoms with E-state index in [9.17, 15) is 0 Å². The molecule has 5 aromatic carbocycles. The lowest BCUT2D eigenvalue weighted by Gasteiger charge is -2.18. The molecule has 0 N–H and O–H groups in total. The fraction of sp³-hybridized carbons (Fsp3) is 0. The van der Waals surface area contributed by atoms with Crippen molar-refractivity contribution in [2.45, 2.75) is 0 Å². The van der Waals surface area contributed by atoms with Crippen molar-refractivity contribution in [3.8, 4) is 34.2 Å². The van der Waals surface area contributed by atoms with Crippen LogP contribution in [0.15, 0.2) is 155 Å². The first-order valence-corrected chi connectivity index (χ1v) is 16.4. The van der Waals surface area contributed by atoms with Crippen LogP contribution in [0.5, 0.6) is 0 Å². The first kappa shape index (κ1) is 26.9. The van der Waals surface area contributed by atoms with Gasteiger partial charge in [0.05, 0.1) is 33.2 Å². The van der Waals surface area contributed by atoms with Gasteiger partial charge in [-0.05, 0) is 48.5 Å². The molecular formula is C42H24N6O2. The number of nitrogens with zero attached hydrogens (tertiary/aromatic N) is 6. The minimum atomic E-state index is 0.573. The third-order valence-electron chi connectivity index (χ3n) is 9.60. The summed E-state index contributed by atoms with van der Waals surface area (Å²) >= 11 is 0. The van der Waals surface area contributed by atoms with Crippen LogP contribution in [0.2, 0.25) is 0 Å². The summed E-state index contributed by atoms with van der Waals surface area (Å²) in [6.07, 6.45) is 7.08. The van der Waals surface area contributed by atoms with Crippen molar-refractivity contribution in [3.63, 3.8) is 0 Å². The zero-order chi connectivity index (χ0) is 32.8. The molecule has 0 unspecified atom stereocenters. The van der Waals surface area contributed by atoms with E-state index in [2.05, 4.69) is 81.9 Å². The second kappa shape index (κ2) is 10.2. The highest BCUT2D eigenvalue weighted by atomic mass is 16.3. The van der Waals surface area contributed by atoms with Crippen molar-refractivity contribution < 1.29 is 8.83 Å². The van der Waals surface area contributed by atoms with Crippen LogP contribution in [-0.2, 0) is 0 Å². The second-order valence-electron chi connectivity index (χ2n) is 12.3. The molecule has 0 fully saturated rings. The van der Waals surface area contributed by atoms with E-state index in [-0.39, 0.29) is 0 Å². The number of benzene rings is 5. The number of rotatable bonds is 4. The molecule has 0 atom stereocenters. The van der Waals surface area contributed by atoms with Crippen LogP contribution in [0, 0.1) is 0 Å². The van der Waals surface area contributed by atoms with Crippen molar-refractivity contribution >= 4 is 65.9 Å². The van der Waals surface area contributed by atoms with E-state index in [1.54, 1.807) is 24.8 Å². The molecule has 0 amide bonds. The largest absolute Gasteiger partial charge is 0.439 e. The lowest BCUT2D eigenvalue weighted by molar-refractivity contribution is 0.644. The SMILES string of the molecule is c1cnc(-c2cc(-n3c4ccccc4c4c5ccccc5oc43)c(-c3ncccn3)cc2-n2c3ccccc3c3c4ccccc4oc32)nc1. The van der Waals surface area contributed by atoms with E-state index in [1.807, 2.05) is 48.5 Å². The Labute approximate surface area is 283 Å². The summed E-state index contributed by atoms with van der Waals surface area (Å²) < 4.78 is 17.7. The van der Waals surface area contributed by atoms with E-state index >= 15 is 0 Å². The molecule has 0 saturated heterocycles. The quantitative estimate of drug-likeness (QED) is 0.189. The molecule has 6 aromatic heterocycles. The summed E-state index contributed by atoms with van der Waals surface area (Å²) in [7, 11) is 0. The molecule has 234 valence electrons. The number of aromatic nitrogens is 6. The first-order chi connectivity index (χ1) is 24.8. The van der Waals surface area contributed by atoms with Crippen molar-refractivity contribution in [2.75, 3.05) is 0 Å². The summed E-state index contributed by atoms with van der Waals surface area (Å²) in [6.45, 7) is 0. The van der Waals surface area contributed by atoms with Gasteiger partial charge < -0.3 is 8.83 Å². The highest BCUT2D eigenvalue weighted by Gasteiger charge is 2.27. The van der Waals surface area contributed by atoms with Crippen molar-refractivity contribution in [3.05, 3.63) is 146 Å². The van der Waals surface area contributed by atoms with Crippen LogP contribution in [0.3, 0.4) is 0 Å². The molecule has 0 saturated carbocycles. The average molecular weight is 645 g/mol. The second-order valence-corrected chi connectivity index (χ2v) is 12.3. The molecule has 0 radical (unpaired) electrons. The Morgan fingerprint density at radius 2 is 0.780 bits per heavy atom. The Balaban J connectivity index is 1.33. The molecule has 0 aliphatic carbocycles. The Kier molecular flexibility index (Phi) is 5.51. The van der Waals surface area contributed by atoms with Crippen LogP contribution in [0.1, 0.15) is 0 Å². The number of furan rings is 2. The molecule has 50 heavy (non-hydrogen) atoms. The highest BCUT2D eigenvalue weighted by molar-refractivity contribution is 6.21. The third-order valence-corrected chi connectivity index (χ3v) is 9.60. The summed E-state index contributed by atoms with van der Waals surface area (Å²) in [5, 5.41) is 6.41. The van der Waals surface area contributed by atoms with Crippen LogP contribution < -0.4 is 0 Å². The monoisotopic (exact) mass is 644 g/mol. The van der Waals surface area contributed by atoms with Gasteiger partial charge in [0.1, 0.15) is 11.2 Å². The van der Waals surface area contributed by atoms with Gasteiger partial charge in [-0.25, -0.2) is 19.9 Å². The number of hydrogen-bond acceptors (Lipinski definition) is 6. The zero-order valence-electron chi connectivity index (χ0n) is 26.4. The lowest BCUT2D eigenvalue weighted by Crippen LogP contribution is -2.05. The summed E-state index contributed by atoms with van der Waals surface area (Å²) in [5.74, 6) is 1.15. The molecule has 8 heteroatoms. The van der Waals surface area contributed by atoms with Crippen molar-refractivity contribution in [2.24, 2.45) is 0 Å². The summed E-state index contributed by atoms with van der Waals surface area (Å²) in [4.78, 5) is 19.2. The maximum atomic E-state index is 6.68. The van der Waals surface area contributed by atoms with Gasteiger partial charge in [0, 0.05) is 57.5 Å². The Morgan fingerprint density at radius 1 is 0.400 bits per heavy atom. The van der Waals surface area contributed by atoms with Gasteiger partial charge in [0.2, 0.25) is 11.4 Å². The standard InChI is InChI=1S/C42H24N6O2/c1-5-15-31-25(11-1)37-27-13-3-7-17-35(27)49-41(37)47(31)33-23-30(40-45-21-10-22-46-40)34(24-29(33)39-43-19-9-20-44-39)48-32-16-6-2-12-26(32)38-28-14-4-8-18-36(28)50-42(38)48/h1-24H. The predicted octanol–water partition coefficient (Wildman–Crippen LogP) is 10.3. The number of fused-ring (bicyclic) bond motifs is 10. The summed E-state index contributed by atoms with van der Waals surface area (Å²) in [5.41, 5.74) is 8.43. The molecule has 11 aromatic rings. The molecular weight excluding hydrogens is 621 g/mol. The van der Waals surface area contributed by atoms with Crippen LogP contribution in [-0.4, -0.2) is 29.1 Å².